The van der Waals surface area contributed by atoms with Gasteiger partial charge in [-0.1, -0.05) is 41.8 Å². The maximum Gasteiger partial charge on any atom is 0.241 e. The lowest BCUT2D eigenvalue weighted by atomic mass is 10.00. The lowest BCUT2D eigenvalue weighted by Gasteiger charge is -2.34. The van der Waals surface area contributed by atoms with Crippen molar-refractivity contribution in [3.63, 3.8) is 0 Å². The fraction of sp³-hybridized carbons (Fsp3) is 0.409. The number of ether oxygens (including phenoxy) is 2. The third-order valence-corrected chi connectivity index (χ3v) is 5.89. The average Bonchev–Trinajstić information content (AvgIpc) is 2.74. The third kappa shape index (κ3) is 5.35. The van der Waals surface area contributed by atoms with Crippen LogP contribution >= 0.6 is 23.2 Å². The third-order valence-electron chi connectivity index (χ3n) is 5.26. The highest BCUT2D eigenvalue weighted by molar-refractivity contribution is 6.39. The number of carbonyl (C=O) groups excluding carboxylic acids is 1. The van der Waals surface area contributed by atoms with Crippen molar-refractivity contribution in [1.82, 2.24) is 4.90 Å². The van der Waals surface area contributed by atoms with E-state index < -0.39 is 0 Å². The molecule has 5 nitrogen and oxygen atoms in total. The maximum absolute atomic E-state index is 13.0. The van der Waals surface area contributed by atoms with E-state index in [2.05, 4.69) is 10.2 Å². The quantitative estimate of drug-likeness (QED) is 0.659. The number of anilines is 1. The summed E-state index contributed by atoms with van der Waals surface area (Å²) in [6.07, 6.45) is 3.75. The van der Waals surface area contributed by atoms with Crippen molar-refractivity contribution in [3.8, 4) is 11.5 Å². The molecule has 0 aromatic heterocycles. The van der Waals surface area contributed by atoms with E-state index in [0.29, 0.717) is 27.2 Å². The van der Waals surface area contributed by atoms with Crippen LogP contribution in [0.2, 0.25) is 10.0 Å². The van der Waals surface area contributed by atoms with Gasteiger partial charge in [0.05, 0.1) is 36.0 Å². The van der Waals surface area contributed by atoms with Crippen molar-refractivity contribution < 1.29 is 14.3 Å². The minimum absolute atomic E-state index is 0.0630. The first-order valence-corrected chi connectivity index (χ1v) is 10.5. The van der Waals surface area contributed by atoms with E-state index in [-0.39, 0.29) is 11.9 Å². The molecule has 0 spiro atoms. The van der Waals surface area contributed by atoms with E-state index in [1.165, 1.54) is 0 Å². The molecule has 0 aliphatic carbocycles. The molecule has 156 valence electrons. The molecule has 1 aliphatic rings. The molecule has 1 heterocycles. The molecule has 29 heavy (non-hydrogen) atoms. The van der Waals surface area contributed by atoms with Gasteiger partial charge in [-0.2, -0.15) is 0 Å². The number of nitrogens with zero attached hydrogens (tertiary/aromatic N) is 1. The summed E-state index contributed by atoms with van der Waals surface area (Å²) in [5.74, 6) is 1.36. The van der Waals surface area contributed by atoms with Gasteiger partial charge in [-0.25, -0.2) is 0 Å². The number of para-hydroxylation sites is 1. The first-order chi connectivity index (χ1) is 14.0. The van der Waals surface area contributed by atoms with Gasteiger partial charge in [0.25, 0.3) is 0 Å². The highest BCUT2D eigenvalue weighted by Crippen LogP contribution is 2.31. The zero-order chi connectivity index (χ0) is 20.8. The Kier molecular flexibility index (Phi) is 7.64. The zero-order valence-electron chi connectivity index (χ0n) is 16.7. The molecule has 1 amide bonds. The van der Waals surface area contributed by atoms with Gasteiger partial charge in [0.2, 0.25) is 5.91 Å². The second-order valence-corrected chi connectivity index (χ2v) is 7.89. The van der Waals surface area contributed by atoms with Gasteiger partial charge in [-0.3, -0.25) is 9.69 Å². The highest BCUT2D eigenvalue weighted by atomic mass is 35.5. The maximum atomic E-state index is 13.0. The van der Waals surface area contributed by atoms with E-state index in [0.717, 1.165) is 44.3 Å². The van der Waals surface area contributed by atoms with E-state index in [4.69, 9.17) is 32.7 Å². The topological polar surface area (TPSA) is 50.8 Å². The van der Waals surface area contributed by atoms with Crippen LogP contribution in [0.5, 0.6) is 11.5 Å². The number of halogens is 2. The van der Waals surface area contributed by atoms with Gasteiger partial charge in [-0.05, 0) is 55.6 Å². The van der Waals surface area contributed by atoms with Crippen LogP contribution < -0.4 is 14.8 Å². The molecular weight excluding hydrogens is 411 g/mol. The average molecular weight is 437 g/mol. The molecule has 1 atom stereocenters. The summed E-state index contributed by atoms with van der Waals surface area (Å²) in [7, 11) is 3.26. The van der Waals surface area contributed by atoms with Crippen molar-refractivity contribution in [1.29, 1.82) is 0 Å². The Labute approximate surface area is 181 Å². The fourth-order valence-corrected chi connectivity index (χ4v) is 4.18. The van der Waals surface area contributed by atoms with E-state index >= 15 is 0 Å². The molecule has 3 rings (SSSR count). The normalized spacial score (nSPS) is 17.0. The fourth-order valence-electron chi connectivity index (χ4n) is 3.69. The summed E-state index contributed by atoms with van der Waals surface area (Å²) in [5.41, 5.74) is 1.62. The number of nitrogens with one attached hydrogen (secondary N) is 1. The minimum Gasteiger partial charge on any atom is -0.493 e. The van der Waals surface area contributed by atoms with Crippen LogP contribution in [0.1, 0.15) is 24.8 Å². The molecule has 1 saturated heterocycles. The van der Waals surface area contributed by atoms with Crippen LogP contribution in [0.3, 0.4) is 0 Å². The predicted molar refractivity (Wildman–Crippen MR) is 118 cm³/mol. The van der Waals surface area contributed by atoms with Gasteiger partial charge >= 0.3 is 0 Å². The molecule has 0 radical (unpaired) electrons. The van der Waals surface area contributed by atoms with Gasteiger partial charge in [0.15, 0.2) is 11.5 Å². The monoisotopic (exact) mass is 436 g/mol. The van der Waals surface area contributed by atoms with Gasteiger partial charge in [0.1, 0.15) is 0 Å². The van der Waals surface area contributed by atoms with Crippen LogP contribution in [0.25, 0.3) is 0 Å². The molecule has 0 saturated carbocycles. The van der Waals surface area contributed by atoms with Crippen LogP contribution in [0, 0.1) is 0 Å². The molecule has 1 aliphatic heterocycles. The summed E-state index contributed by atoms with van der Waals surface area (Å²) in [6.45, 7) is 1.67. The van der Waals surface area contributed by atoms with Gasteiger partial charge in [-0.15, -0.1) is 0 Å². The Balaban J connectivity index is 1.67. The number of hydrogen-bond donors (Lipinski definition) is 1. The predicted octanol–water partition coefficient (Wildman–Crippen LogP) is 5.05. The Bertz CT molecular complexity index is 840. The van der Waals surface area contributed by atoms with E-state index in [9.17, 15) is 4.79 Å². The number of hydrogen-bond acceptors (Lipinski definition) is 4. The molecule has 7 heteroatoms. The lowest BCUT2D eigenvalue weighted by Crippen LogP contribution is -2.47. The molecule has 2 aromatic rings. The first-order valence-electron chi connectivity index (χ1n) is 9.73. The van der Waals surface area contributed by atoms with Crippen LogP contribution in [-0.4, -0.2) is 44.2 Å². The van der Waals surface area contributed by atoms with Gasteiger partial charge in [0, 0.05) is 6.54 Å². The summed E-state index contributed by atoms with van der Waals surface area (Å²) < 4.78 is 10.7. The number of carbonyl (C=O) groups is 1. The SMILES string of the molecule is COc1ccc(CCN2CCCCC2C(=O)Nc2c(Cl)cccc2Cl)cc1OC. The number of piperidine rings is 1. The van der Waals surface area contributed by atoms with Crippen LogP contribution in [0.15, 0.2) is 36.4 Å². The number of benzene rings is 2. The number of methoxy groups -OCH3 is 2. The Morgan fingerprint density at radius 2 is 1.83 bits per heavy atom. The van der Waals surface area contributed by atoms with Gasteiger partial charge < -0.3 is 14.8 Å². The molecule has 0 bridgehead atoms. The first kappa shape index (κ1) is 21.8. The second-order valence-electron chi connectivity index (χ2n) is 7.07. The van der Waals surface area contributed by atoms with Crippen LogP contribution in [-0.2, 0) is 11.2 Å². The van der Waals surface area contributed by atoms with Crippen molar-refractivity contribution >= 4 is 34.8 Å². The van der Waals surface area contributed by atoms with Crippen molar-refractivity contribution in [3.05, 3.63) is 52.0 Å². The Hall–Kier alpha value is -1.95. The Morgan fingerprint density at radius 1 is 1.10 bits per heavy atom. The minimum atomic E-state index is -0.198. The lowest BCUT2D eigenvalue weighted by molar-refractivity contribution is -0.122. The van der Waals surface area contributed by atoms with Crippen molar-refractivity contribution in [2.45, 2.75) is 31.7 Å². The summed E-state index contributed by atoms with van der Waals surface area (Å²) in [6, 6.07) is 10.9. The molecule has 1 unspecified atom stereocenters. The smallest absolute Gasteiger partial charge is 0.241 e. The molecule has 1 fully saturated rings. The number of rotatable bonds is 7. The van der Waals surface area contributed by atoms with Crippen LogP contribution in [0.4, 0.5) is 5.69 Å². The van der Waals surface area contributed by atoms with Crippen molar-refractivity contribution in [2.24, 2.45) is 0 Å². The standard InChI is InChI=1S/C22H26Cl2N2O3/c1-28-19-10-9-15(14-20(19)29-2)11-13-26-12-4-3-8-18(26)22(27)25-21-16(23)6-5-7-17(21)24/h5-7,9-10,14,18H,3-4,8,11-13H2,1-2H3,(H,25,27). The molecule has 1 N–H and O–H groups in total. The molecule has 2 aromatic carbocycles. The Morgan fingerprint density at radius 3 is 2.52 bits per heavy atom. The van der Waals surface area contributed by atoms with E-state index in [1.54, 1.807) is 32.4 Å². The molecular formula is C22H26Cl2N2O3. The zero-order valence-corrected chi connectivity index (χ0v) is 18.2. The largest absolute Gasteiger partial charge is 0.493 e. The van der Waals surface area contributed by atoms with Crippen molar-refractivity contribution in [2.75, 3.05) is 32.6 Å². The second kappa shape index (κ2) is 10.2. The summed E-state index contributed by atoms with van der Waals surface area (Å²) in [4.78, 5) is 15.2. The highest BCUT2D eigenvalue weighted by Gasteiger charge is 2.29. The van der Waals surface area contributed by atoms with E-state index in [1.807, 2.05) is 18.2 Å². The summed E-state index contributed by atoms with van der Waals surface area (Å²) in [5, 5.41) is 3.81. The number of likely N-dealkylation sites (tertiary alicyclic amines) is 1. The summed E-state index contributed by atoms with van der Waals surface area (Å²) >= 11 is 12.4. The number of amides is 1.